The number of guanidine groups is 1. The second-order valence-electron chi connectivity index (χ2n) is 5.86. The minimum atomic E-state index is 0. The molecule has 0 saturated carbocycles. The zero-order valence-electron chi connectivity index (χ0n) is 14.0. The second kappa shape index (κ2) is 11.1. The van der Waals surface area contributed by atoms with Crippen LogP contribution < -0.4 is 10.6 Å². The number of nitrogens with zero attached hydrogens (tertiary/aromatic N) is 2. The molecule has 0 bridgehead atoms. The summed E-state index contributed by atoms with van der Waals surface area (Å²) in [4.78, 5) is 6.83. The Kier molecular flexibility index (Phi) is 9.90. The summed E-state index contributed by atoms with van der Waals surface area (Å²) >= 11 is 5.89. The molecule has 130 valence electrons. The van der Waals surface area contributed by atoms with Crippen molar-refractivity contribution in [2.45, 2.75) is 38.8 Å². The van der Waals surface area contributed by atoms with Crippen molar-refractivity contribution in [1.82, 2.24) is 15.5 Å². The van der Waals surface area contributed by atoms with Gasteiger partial charge in [0, 0.05) is 37.7 Å². The highest BCUT2D eigenvalue weighted by Crippen LogP contribution is 2.15. The van der Waals surface area contributed by atoms with Crippen LogP contribution in [0.3, 0.4) is 0 Å². The van der Waals surface area contributed by atoms with Gasteiger partial charge >= 0.3 is 0 Å². The van der Waals surface area contributed by atoms with Crippen LogP contribution in [-0.2, 0) is 6.54 Å². The highest BCUT2D eigenvalue weighted by Gasteiger charge is 2.17. The van der Waals surface area contributed by atoms with Gasteiger partial charge in [-0.1, -0.05) is 30.2 Å². The molecule has 2 rings (SSSR count). The standard InChI is InChI=1S/C17H27ClN4.HI/c1-14-5-3-4-11-22(14)12-10-20-17(19-2)21-13-15-6-8-16(18)9-7-15;/h6-9,14H,3-5,10-13H2,1-2H3,(H2,19,20,21);1H. The summed E-state index contributed by atoms with van der Waals surface area (Å²) in [6, 6.07) is 8.58. The van der Waals surface area contributed by atoms with Crippen LogP contribution in [0.2, 0.25) is 5.02 Å². The molecule has 0 aromatic heterocycles. The third-order valence-electron chi connectivity index (χ3n) is 4.23. The molecule has 1 atom stereocenters. The summed E-state index contributed by atoms with van der Waals surface area (Å²) in [6.07, 6.45) is 4.02. The molecular formula is C17H28ClIN4. The van der Waals surface area contributed by atoms with E-state index in [0.717, 1.165) is 30.6 Å². The average Bonchev–Trinajstić information content (AvgIpc) is 2.54. The first-order valence-electron chi connectivity index (χ1n) is 8.12. The number of hydrogen-bond acceptors (Lipinski definition) is 2. The van der Waals surface area contributed by atoms with E-state index in [9.17, 15) is 0 Å². The predicted molar refractivity (Wildman–Crippen MR) is 110 cm³/mol. The van der Waals surface area contributed by atoms with E-state index >= 15 is 0 Å². The van der Waals surface area contributed by atoms with Gasteiger partial charge in [0.1, 0.15) is 0 Å². The van der Waals surface area contributed by atoms with Gasteiger partial charge in [0.25, 0.3) is 0 Å². The Morgan fingerprint density at radius 1 is 1.26 bits per heavy atom. The maximum Gasteiger partial charge on any atom is 0.191 e. The van der Waals surface area contributed by atoms with Gasteiger partial charge in [-0.15, -0.1) is 24.0 Å². The fraction of sp³-hybridized carbons (Fsp3) is 0.588. The van der Waals surface area contributed by atoms with Crippen molar-refractivity contribution >= 4 is 41.5 Å². The molecule has 0 radical (unpaired) electrons. The van der Waals surface area contributed by atoms with Gasteiger partial charge < -0.3 is 10.6 Å². The Hall–Kier alpha value is -0.530. The lowest BCUT2D eigenvalue weighted by Crippen LogP contribution is -2.45. The molecule has 1 aromatic rings. The molecule has 0 aliphatic carbocycles. The summed E-state index contributed by atoms with van der Waals surface area (Å²) in [7, 11) is 1.81. The van der Waals surface area contributed by atoms with E-state index in [2.05, 4.69) is 27.4 Å². The molecule has 1 heterocycles. The zero-order chi connectivity index (χ0) is 15.8. The average molecular weight is 451 g/mol. The third kappa shape index (κ3) is 7.27. The molecule has 23 heavy (non-hydrogen) atoms. The molecule has 0 spiro atoms. The van der Waals surface area contributed by atoms with E-state index in [1.807, 2.05) is 24.3 Å². The molecule has 1 aromatic carbocycles. The number of piperidine rings is 1. The Bertz CT molecular complexity index is 478. The normalized spacial score (nSPS) is 19.1. The van der Waals surface area contributed by atoms with Gasteiger partial charge in [0.2, 0.25) is 0 Å². The Morgan fingerprint density at radius 3 is 2.65 bits per heavy atom. The van der Waals surface area contributed by atoms with Crippen LogP contribution in [-0.4, -0.2) is 43.6 Å². The SMILES string of the molecule is CN=C(NCCN1CCCCC1C)NCc1ccc(Cl)cc1.I. The molecule has 4 nitrogen and oxygen atoms in total. The van der Waals surface area contributed by atoms with E-state index in [4.69, 9.17) is 11.6 Å². The molecule has 2 N–H and O–H groups in total. The van der Waals surface area contributed by atoms with Crippen LogP contribution in [0, 0.1) is 0 Å². The molecule has 1 aliphatic heterocycles. The largest absolute Gasteiger partial charge is 0.355 e. The first-order valence-corrected chi connectivity index (χ1v) is 8.50. The quantitative estimate of drug-likeness (QED) is 0.410. The number of hydrogen-bond donors (Lipinski definition) is 2. The first-order chi connectivity index (χ1) is 10.7. The summed E-state index contributed by atoms with van der Waals surface area (Å²) < 4.78 is 0. The van der Waals surface area contributed by atoms with Crippen LogP contribution in [0.1, 0.15) is 31.7 Å². The van der Waals surface area contributed by atoms with E-state index < -0.39 is 0 Å². The number of aliphatic imine (C=N–C) groups is 1. The van der Waals surface area contributed by atoms with E-state index in [0.29, 0.717) is 6.04 Å². The summed E-state index contributed by atoms with van der Waals surface area (Å²) in [5.41, 5.74) is 1.19. The van der Waals surface area contributed by atoms with Crippen molar-refractivity contribution < 1.29 is 0 Å². The minimum Gasteiger partial charge on any atom is -0.355 e. The van der Waals surface area contributed by atoms with Crippen LogP contribution in [0.5, 0.6) is 0 Å². The lowest BCUT2D eigenvalue weighted by atomic mass is 10.0. The van der Waals surface area contributed by atoms with Crippen molar-refractivity contribution in [1.29, 1.82) is 0 Å². The molecular weight excluding hydrogens is 423 g/mol. The van der Waals surface area contributed by atoms with Gasteiger partial charge in [-0.3, -0.25) is 9.89 Å². The zero-order valence-corrected chi connectivity index (χ0v) is 17.1. The predicted octanol–water partition coefficient (Wildman–Crippen LogP) is 3.50. The smallest absolute Gasteiger partial charge is 0.191 e. The van der Waals surface area contributed by atoms with Crippen LogP contribution in [0.25, 0.3) is 0 Å². The Morgan fingerprint density at radius 2 is 2.00 bits per heavy atom. The summed E-state index contributed by atoms with van der Waals surface area (Å²) in [5.74, 6) is 0.847. The van der Waals surface area contributed by atoms with E-state index in [1.165, 1.54) is 31.4 Å². The van der Waals surface area contributed by atoms with Crippen molar-refractivity contribution in [3.63, 3.8) is 0 Å². The number of likely N-dealkylation sites (tertiary alicyclic amines) is 1. The topological polar surface area (TPSA) is 39.7 Å². The molecule has 1 unspecified atom stereocenters. The fourth-order valence-electron chi connectivity index (χ4n) is 2.82. The van der Waals surface area contributed by atoms with E-state index in [1.54, 1.807) is 7.05 Å². The van der Waals surface area contributed by atoms with Gasteiger partial charge in [0.05, 0.1) is 0 Å². The highest BCUT2D eigenvalue weighted by molar-refractivity contribution is 14.0. The lowest BCUT2D eigenvalue weighted by molar-refractivity contribution is 0.163. The van der Waals surface area contributed by atoms with Gasteiger partial charge in [0.15, 0.2) is 5.96 Å². The van der Waals surface area contributed by atoms with Gasteiger partial charge in [-0.05, 0) is 44.0 Å². The minimum absolute atomic E-state index is 0. The van der Waals surface area contributed by atoms with Crippen LogP contribution >= 0.6 is 35.6 Å². The van der Waals surface area contributed by atoms with Crippen LogP contribution in [0.15, 0.2) is 29.3 Å². The summed E-state index contributed by atoms with van der Waals surface area (Å²) in [5, 5.41) is 7.49. The number of rotatable bonds is 5. The highest BCUT2D eigenvalue weighted by atomic mass is 127. The Balaban J connectivity index is 0.00000264. The van der Waals surface area contributed by atoms with Crippen molar-refractivity contribution in [2.24, 2.45) is 4.99 Å². The Labute approximate surface area is 162 Å². The van der Waals surface area contributed by atoms with Gasteiger partial charge in [-0.2, -0.15) is 0 Å². The fourth-order valence-corrected chi connectivity index (χ4v) is 2.94. The summed E-state index contributed by atoms with van der Waals surface area (Å²) in [6.45, 7) is 6.29. The second-order valence-corrected chi connectivity index (χ2v) is 6.30. The van der Waals surface area contributed by atoms with E-state index in [-0.39, 0.29) is 24.0 Å². The van der Waals surface area contributed by atoms with Crippen molar-refractivity contribution in [3.05, 3.63) is 34.9 Å². The number of halogens is 2. The van der Waals surface area contributed by atoms with Crippen LogP contribution in [0.4, 0.5) is 0 Å². The lowest BCUT2D eigenvalue weighted by Gasteiger charge is -2.33. The molecule has 1 fully saturated rings. The maximum absolute atomic E-state index is 5.89. The van der Waals surface area contributed by atoms with Crippen molar-refractivity contribution in [2.75, 3.05) is 26.7 Å². The number of nitrogens with one attached hydrogen (secondary N) is 2. The van der Waals surface area contributed by atoms with Crippen molar-refractivity contribution in [3.8, 4) is 0 Å². The maximum atomic E-state index is 5.89. The monoisotopic (exact) mass is 450 g/mol. The first kappa shape index (κ1) is 20.5. The molecule has 1 aliphatic rings. The molecule has 6 heteroatoms. The third-order valence-corrected chi connectivity index (χ3v) is 4.48. The molecule has 1 saturated heterocycles. The van der Waals surface area contributed by atoms with Gasteiger partial charge in [-0.25, -0.2) is 0 Å². The number of benzene rings is 1. The molecule has 0 amide bonds.